The molecule has 0 aliphatic carbocycles. The molecule has 1 aromatic carbocycles. The Bertz CT molecular complexity index is 972. The van der Waals surface area contributed by atoms with E-state index in [0.29, 0.717) is 34.0 Å². The Morgan fingerprint density at radius 1 is 1.19 bits per heavy atom. The Morgan fingerprint density at radius 2 is 2.04 bits per heavy atom. The lowest BCUT2D eigenvalue weighted by molar-refractivity contribution is 0.365. The molecule has 1 aliphatic rings. The average Bonchev–Trinajstić information content (AvgIpc) is 3.15. The van der Waals surface area contributed by atoms with Crippen LogP contribution in [0.25, 0.3) is 11.5 Å². The SMILES string of the molecule is CC(C)c1nc(-c2cc3c(nn2)CCCN3Cc2cc(Cl)ccc2Cl)no1. The second kappa shape index (κ2) is 7.44. The van der Waals surface area contributed by atoms with Crippen LogP contribution >= 0.6 is 23.2 Å². The van der Waals surface area contributed by atoms with Crippen molar-refractivity contribution in [3.05, 3.63) is 51.5 Å². The van der Waals surface area contributed by atoms with Crippen LogP contribution in [0.1, 0.15) is 43.3 Å². The van der Waals surface area contributed by atoms with Gasteiger partial charge in [0.1, 0.15) is 5.69 Å². The van der Waals surface area contributed by atoms with Gasteiger partial charge in [-0.1, -0.05) is 42.2 Å². The predicted octanol–water partition coefficient (Wildman–Crippen LogP) is 4.91. The van der Waals surface area contributed by atoms with E-state index < -0.39 is 0 Å². The van der Waals surface area contributed by atoms with E-state index >= 15 is 0 Å². The molecule has 27 heavy (non-hydrogen) atoms. The van der Waals surface area contributed by atoms with E-state index in [1.165, 1.54) is 0 Å². The first-order chi connectivity index (χ1) is 13.0. The number of rotatable bonds is 4. The maximum Gasteiger partial charge on any atom is 0.229 e. The number of fused-ring (bicyclic) bond motifs is 1. The molecule has 0 bridgehead atoms. The minimum atomic E-state index is 0.165. The maximum atomic E-state index is 6.36. The summed E-state index contributed by atoms with van der Waals surface area (Å²) in [5.74, 6) is 1.21. The lowest BCUT2D eigenvalue weighted by Crippen LogP contribution is -2.29. The summed E-state index contributed by atoms with van der Waals surface area (Å²) in [5.41, 5.74) is 3.58. The molecule has 0 spiro atoms. The van der Waals surface area contributed by atoms with Gasteiger partial charge in [0, 0.05) is 29.1 Å². The zero-order valence-electron chi connectivity index (χ0n) is 15.1. The third-order valence-corrected chi connectivity index (χ3v) is 5.17. The molecule has 4 rings (SSSR count). The van der Waals surface area contributed by atoms with Crippen LogP contribution in [0.3, 0.4) is 0 Å². The van der Waals surface area contributed by atoms with Gasteiger partial charge in [0.25, 0.3) is 0 Å². The number of hydrogen-bond acceptors (Lipinski definition) is 6. The van der Waals surface area contributed by atoms with Crippen LogP contribution in [-0.2, 0) is 13.0 Å². The van der Waals surface area contributed by atoms with Crippen LogP contribution in [0, 0.1) is 0 Å². The quantitative estimate of drug-likeness (QED) is 0.616. The van der Waals surface area contributed by atoms with Gasteiger partial charge in [0.15, 0.2) is 0 Å². The minimum Gasteiger partial charge on any atom is -0.366 e. The first-order valence-electron chi connectivity index (χ1n) is 8.90. The molecule has 3 heterocycles. The molecule has 0 fully saturated rings. The van der Waals surface area contributed by atoms with Gasteiger partial charge in [-0.3, -0.25) is 0 Å². The normalized spacial score (nSPS) is 13.9. The van der Waals surface area contributed by atoms with Crippen molar-refractivity contribution < 1.29 is 4.52 Å². The van der Waals surface area contributed by atoms with Crippen molar-refractivity contribution in [2.45, 2.75) is 39.2 Å². The Kier molecular flexibility index (Phi) is 5.02. The van der Waals surface area contributed by atoms with Crippen molar-refractivity contribution in [2.75, 3.05) is 11.4 Å². The van der Waals surface area contributed by atoms with E-state index in [1.54, 1.807) is 6.07 Å². The molecule has 6 nitrogen and oxygen atoms in total. The first kappa shape index (κ1) is 18.2. The Morgan fingerprint density at radius 3 is 2.81 bits per heavy atom. The molecule has 2 aromatic heterocycles. The van der Waals surface area contributed by atoms with Crippen LogP contribution in [0.4, 0.5) is 5.69 Å². The molecule has 0 unspecified atom stereocenters. The molecular formula is C19H19Cl2N5O. The number of nitrogens with zero attached hydrogens (tertiary/aromatic N) is 5. The molecule has 0 atom stereocenters. The number of aromatic nitrogens is 4. The van der Waals surface area contributed by atoms with Gasteiger partial charge in [-0.25, -0.2) is 0 Å². The average molecular weight is 404 g/mol. The summed E-state index contributed by atoms with van der Waals surface area (Å²) in [6.45, 7) is 5.57. The van der Waals surface area contributed by atoms with E-state index in [-0.39, 0.29) is 5.92 Å². The number of anilines is 1. The molecule has 0 radical (unpaired) electrons. The molecule has 0 amide bonds. The second-order valence-electron chi connectivity index (χ2n) is 6.93. The molecule has 3 aromatic rings. The molecule has 0 saturated carbocycles. The maximum absolute atomic E-state index is 6.36. The lowest BCUT2D eigenvalue weighted by Gasteiger charge is -2.30. The Labute approximate surface area is 167 Å². The standard InChI is InChI=1S/C19H19Cl2N5O/c1-11(2)19-22-18(25-27-19)16-9-17-15(23-24-16)4-3-7-26(17)10-12-8-13(20)5-6-14(12)21/h5-6,8-9,11H,3-4,7,10H2,1-2H3. The second-order valence-corrected chi connectivity index (χ2v) is 7.78. The summed E-state index contributed by atoms with van der Waals surface area (Å²) in [6.07, 6.45) is 1.91. The summed E-state index contributed by atoms with van der Waals surface area (Å²) < 4.78 is 5.30. The summed E-state index contributed by atoms with van der Waals surface area (Å²) in [6, 6.07) is 7.51. The summed E-state index contributed by atoms with van der Waals surface area (Å²) >= 11 is 12.5. The van der Waals surface area contributed by atoms with Crippen LogP contribution in [-0.4, -0.2) is 26.9 Å². The van der Waals surface area contributed by atoms with E-state index in [4.69, 9.17) is 27.7 Å². The number of aryl methyl sites for hydroxylation is 1. The third kappa shape index (κ3) is 3.77. The van der Waals surface area contributed by atoms with Crippen LogP contribution < -0.4 is 4.90 Å². The lowest BCUT2D eigenvalue weighted by atomic mass is 10.1. The van der Waals surface area contributed by atoms with Crippen molar-refractivity contribution in [1.82, 2.24) is 20.3 Å². The topological polar surface area (TPSA) is 67.9 Å². The minimum absolute atomic E-state index is 0.165. The monoisotopic (exact) mass is 403 g/mol. The summed E-state index contributed by atoms with van der Waals surface area (Å²) in [5, 5.41) is 14.1. The van der Waals surface area contributed by atoms with Crippen LogP contribution in [0.15, 0.2) is 28.8 Å². The summed E-state index contributed by atoms with van der Waals surface area (Å²) in [7, 11) is 0. The molecule has 140 valence electrons. The number of halogens is 2. The van der Waals surface area contributed by atoms with Crippen LogP contribution in [0.2, 0.25) is 10.0 Å². The largest absolute Gasteiger partial charge is 0.366 e. The first-order valence-corrected chi connectivity index (χ1v) is 9.66. The van der Waals surface area contributed by atoms with Gasteiger partial charge >= 0.3 is 0 Å². The van der Waals surface area contributed by atoms with Crippen molar-refractivity contribution in [1.29, 1.82) is 0 Å². The molecular weight excluding hydrogens is 385 g/mol. The van der Waals surface area contributed by atoms with Gasteiger partial charge in [-0.2, -0.15) is 10.1 Å². The van der Waals surface area contributed by atoms with Crippen molar-refractivity contribution in [3.63, 3.8) is 0 Å². The fraction of sp³-hybridized carbons (Fsp3) is 0.368. The van der Waals surface area contributed by atoms with Gasteiger partial charge in [0.2, 0.25) is 11.7 Å². The van der Waals surface area contributed by atoms with Crippen LogP contribution in [0.5, 0.6) is 0 Å². The van der Waals surface area contributed by atoms with Gasteiger partial charge in [-0.15, -0.1) is 5.10 Å². The fourth-order valence-corrected chi connectivity index (χ4v) is 3.51. The van der Waals surface area contributed by atoms with Crippen molar-refractivity contribution in [3.8, 4) is 11.5 Å². The smallest absolute Gasteiger partial charge is 0.229 e. The van der Waals surface area contributed by atoms with Crippen molar-refractivity contribution in [2.24, 2.45) is 0 Å². The number of benzene rings is 1. The summed E-state index contributed by atoms with van der Waals surface area (Å²) in [4.78, 5) is 6.67. The molecule has 8 heteroatoms. The van der Waals surface area contributed by atoms with E-state index in [0.717, 1.165) is 36.3 Å². The van der Waals surface area contributed by atoms with E-state index in [1.807, 2.05) is 32.0 Å². The highest BCUT2D eigenvalue weighted by molar-refractivity contribution is 6.33. The zero-order valence-corrected chi connectivity index (χ0v) is 16.6. The van der Waals surface area contributed by atoms with E-state index in [2.05, 4.69) is 25.2 Å². The molecule has 0 saturated heterocycles. The highest BCUT2D eigenvalue weighted by atomic mass is 35.5. The Hall–Kier alpha value is -2.18. The fourth-order valence-electron chi connectivity index (χ4n) is 3.13. The van der Waals surface area contributed by atoms with E-state index in [9.17, 15) is 0 Å². The highest BCUT2D eigenvalue weighted by Gasteiger charge is 2.22. The zero-order chi connectivity index (χ0) is 19.0. The highest BCUT2D eigenvalue weighted by Crippen LogP contribution is 2.31. The molecule has 1 aliphatic heterocycles. The molecule has 0 N–H and O–H groups in total. The Balaban J connectivity index is 1.67. The number of hydrogen-bond donors (Lipinski definition) is 0. The predicted molar refractivity (Wildman–Crippen MR) is 105 cm³/mol. The van der Waals surface area contributed by atoms with Gasteiger partial charge in [-0.05, 0) is 42.7 Å². The van der Waals surface area contributed by atoms with Gasteiger partial charge in [0.05, 0.1) is 11.4 Å². The third-order valence-electron chi connectivity index (χ3n) is 4.56. The van der Waals surface area contributed by atoms with Crippen molar-refractivity contribution >= 4 is 28.9 Å². The van der Waals surface area contributed by atoms with Gasteiger partial charge < -0.3 is 9.42 Å².